The van der Waals surface area contributed by atoms with Gasteiger partial charge in [-0.1, -0.05) is 18.2 Å². The van der Waals surface area contributed by atoms with Crippen LogP contribution in [-0.2, 0) is 33.9 Å². The van der Waals surface area contributed by atoms with E-state index in [2.05, 4.69) is 10.2 Å². The van der Waals surface area contributed by atoms with Crippen LogP contribution in [0.1, 0.15) is 77.1 Å². The van der Waals surface area contributed by atoms with Crippen LogP contribution in [0.25, 0.3) is 0 Å². The van der Waals surface area contributed by atoms with Gasteiger partial charge in [-0.05, 0) is 57.8 Å². The number of hydrogen-bond acceptors (Lipinski definition) is 6. The number of carbonyl (C=O) groups is 3. The molecular weight excluding hydrogens is 487 g/mol. The minimum absolute atomic E-state index is 0.0223. The van der Waals surface area contributed by atoms with Crippen molar-refractivity contribution in [3.05, 3.63) is 64.5 Å². The Kier molecular flexibility index (Phi) is 4.86. The van der Waals surface area contributed by atoms with Gasteiger partial charge in [0.15, 0.2) is 0 Å². The molecule has 3 heterocycles. The molecule has 38 heavy (non-hydrogen) atoms. The lowest BCUT2D eigenvalue weighted by Crippen LogP contribution is -2.56. The van der Waals surface area contributed by atoms with Gasteiger partial charge in [-0.2, -0.15) is 0 Å². The molecule has 2 saturated heterocycles. The summed E-state index contributed by atoms with van der Waals surface area (Å²) < 4.78 is 80.1. The number of amides is 3. The predicted octanol–water partition coefficient (Wildman–Crippen LogP) is 3.59. The van der Waals surface area contributed by atoms with Gasteiger partial charge in [0.25, 0.3) is 5.91 Å². The van der Waals surface area contributed by atoms with Crippen LogP contribution in [0.15, 0.2) is 36.4 Å². The molecule has 9 heteroatoms. The van der Waals surface area contributed by atoms with E-state index in [1.54, 1.807) is 11.4 Å². The molecule has 0 radical (unpaired) electrons. The molecule has 0 aromatic heterocycles. The number of benzene rings is 2. The summed E-state index contributed by atoms with van der Waals surface area (Å²) in [6.07, 6.45) is -6.77. The molecule has 2 aromatic carbocycles. The van der Waals surface area contributed by atoms with E-state index >= 15 is 4.39 Å². The highest BCUT2D eigenvalue weighted by molar-refractivity contribution is 6.06. The summed E-state index contributed by atoms with van der Waals surface area (Å²) in [6.45, 7) is 6.54. The fourth-order valence-electron chi connectivity index (χ4n) is 5.40. The summed E-state index contributed by atoms with van der Waals surface area (Å²) in [5.41, 5.74) is -0.444. The predicted molar refractivity (Wildman–Crippen MR) is 141 cm³/mol. The first-order valence-electron chi connectivity index (χ1n) is 15.8. The van der Waals surface area contributed by atoms with E-state index in [1.165, 1.54) is 30.3 Å². The fraction of sp³-hybridized carbons (Fsp3) is 0.483. The molecule has 3 aliphatic rings. The Balaban J connectivity index is 1.40. The molecule has 0 aliphatic carbocycles. The molecular formula is C29H35FN4O4. The van der Waals surface area contributed by atoms with Crippen molar-refractivity contribution in [2.75, 3.05) is 18.4 Å². The Hall–Kier alpha value is -3.30. The first-order valence-corrected chi connectivity index (χ1v) is 12.3. The quantitative estimate of drug-likeness (QED) is 0.556. The van der Waals surface area contributed by atoms with Gasteiger partial charge < -0.3 is 15.0 Å². The van der Waals surface area contributed by atoms with E-state index in [-0.39, 0.29) is 22.4 Å². The second kappa shape index (κ2) is 9.78. The maximum atomic E-state index is 15.5. The molecule has 0 spiro atoms. The van der Waals surface area contributed by atoms with E-state index in [1.807, 2.05) is 27.7 Å². The maximum absolute atomic E-state index is 15.5. The molecule has 1 atom stereocenters. The number of hydrogen-bond donors (Lipinski definition) is 2. The monoisotopic (exact) mass is 529 g/mol. The van der Waals surface area contributed by atoms with Crippen LogP contribution >= 0.6 is 0 Å². The summed E-state index contributed by atoms with van der Waals surface area (Å²) in [7, 11) is 0. The van der Waals surface area contributed by atoms with Crippen LogP contribution in [0.4, 0.5) is 10.1 Å². The zero-order chi connectivity index (χ0) is 33.5. The van der Waals surface area contributed by atoms with Crippen molar-refractivity contribution in [2.24, 2.45) is 0 Å². The number of imide groups is 1. The molecule has 3 aliphatic heterocycles. The lowest BCUT2D eigenvalue weighted by Gasteiger charge is -2.47. The van der Waals surface area contributed by atoms with Crippen LogP contribution in [-0.4, -0.2) is 57.8 Å². The van der Waals surface area contributed by atoms with E-state index in [9.17, 15) is 14.4 Å². The van der Waals surface area contributed by atoms with Crippen molar-refractivity contribution >= 4 is 23.4 Å². The van der Waals surface area contributed by atoms with Crippen molar-refractivity contribution < 1.29 is 33.1 Å². The van der Waals surface area contributed by atoms with Crippen LogP contribution < -0.4 is 10.6 Å². The van der Waals surface area contributed by atoms with Gasteiger partial charge in [0.2, 0.25) is 11.8 Å². The molecule has 2 N–H and O–H groups in total. The zero-order valence-electron chi connectivity index (χ0n) is 28.7. The number of rotatable bonds is 6. The highest BCUT2D eigenvalue weighted by Crippen LogP contribution is 2.33. The molecule has 0 bridgehead atoms. The summed E-state index contributed by atoms with van der Waals surface area (Å²) in [5.74, 6) is -4.86. The summed E-state index contributed by atoms with van der Waals surface area (Å²) in [6, 6.07) is 5.22. The molecule has 8 nitrogen and oxygen atoms in total. The number of anilines is 1. The second-order valence-electron chi connectivity index (χ2n) is 10.9. The molecule has 0 saturated carbocycles. The molecule has 202 valence electrons. The van der Waals surface area contributed by atoms with Crippen molar-refractivity contribution in [3.8, 4) is 0 Å². The zero-order valence-corrected chi connectivity index (χ0v) is 21.7. The highest BCUT2D eigenvalue weighted by Gasteiger charge is 2.40. The Morgan fingerprint density at radius 2 is 1.92 bits per heavy atom. The van der Waals surface area contributed by atoms with Crippen molar-refractivity contribution in [3.63, 3.8) is 0 Å². The number of fused-ring (bicyclic) bond motifs is 1. The Morgan fingerprint density at radius 1 is 1.18 bits per heavy atom. The van der Waals surface area contributed by atoms with Gasteiger partial charge >= 0.3 is 0 Å². The number of nitrogens with zero attached hydrogens (tertiary/aromatic N) is 2. The van der Waals surface area contributed by atoms with Gasteiger partial charge in [-0.15, -0.1) is 0 Å². The lowest BCUT2D eigenvalue weighted by molar-refractivity contribution is -0.182. The first-order chi connectivity index (χ1) is 20.5. The highest BCUT2D eigenvalue weighted by atomic mass is 19.1. The molecule has 2 fully saturated rings. The number of piperidine rings is 1. The molecule has 2 aromatic rings. The largest absolute Gasteiger partial charge is 0.381 e. The van der Waals surface area contributed by atoms with Crippen molar-refractivity contribution in [1.82, 2.24) is 15.1 Å². The average Bonchev–Trinajstić information content (AvgIpc) is 3.22. The van der Waals surface area contributed by atoms with Crippen molar-refractivity contribution in [1.29, 1.82) is 0 Å². The number of morpholine rings is 1. The minimum atomic E-state index is -3.45. The molecule has 1 unspecified atom stereocenters. The minimum Gasteiger partial charge on any atom is -0.381 e. The number of nitrogens with one attached hydrogen (secondary N) is 2. The summed E-state index contributed by atoms with van der Waals surface area (Å²) in [4.78, 5) is 41.0. The van der Waals surface area contributed by atoms with Crippen molar-refractivity contribution in [2.45, 2.75) is 77.2 Å². The second-order valence-corrected chi connectivity index (χ2v) is 10.9. The number of halogens is 1. The van der Waals surface area contributed by atoms with Gasteiger partial charge in [0.05, 0.1) is 15.3 Å². The lowest BCUT2D eigenvalue weighted by atomic mass is 9.98. The third-order valence-corrected chi connectivity index (χ3v) is 6.51. The van der Waals surface area contributed by atoms with Gasteiger partial charge in [0.1, 0.15) is 11.8 Å². The van der Waals surface area contributed by atoms with Gasteiger partial charge in [-0.3, -0.25) is 24.6 Å². The summed E-state index contributed by atoms with van der Waals surface area (Å²) in [5, 5.41) is 4.27. The maximum Gasteiger partial charge on any atom is 0.255 e. The average molecular weight is 530 g/mol. The van der Waals surface area contributed by atoms with E-state index in [0.29, 0.717) is 30.1 Å². The molecule has 3 amide bonds. The SMILES string of the molecule is [2H]C([2H])(Nc1cccc2c1CN(C1([2H])C(=O)NC(=O)C([2H])([2H])C1([2H])[2H])C2=O)c1ccc(CN2CC(C)(C)OC(C)(C)C2)cc1F. The van der Waals surface area contributed by atoms with Crippen LogP contribution in [0.2, 0.25) is 0 Å². The summed E-state index contributed by atoms with van der Waals surface area (Å²) >= 11 is 0. The third kappa shape index (κ3) is 5.44. The fourth-order valence-corrected chi connectivity index (χ4v) is 5.40. The smallest absolute Gasteiger partial charge is 0.255 e. The normalized spacial score (nSPS) is 30.5. The van der Waals surface area contributed by atoms with Gasteiger partial charge in [-0.25, -0.2) is 4.39 Å². The molecule has 5 rings (SSSR count). The van der Waals surface area contributed by atoms with Crippen LogP contribution in [0.3, 0.4) is 0 Å². The van der Waals surface area contributed by atoms with E-state index < -0.39 is 66.5 Å². The van der Waals surface area contributed by atoms with E-state index in [4.69, 9.17) is 14.3 Å². The Labute approximate surface area is 232 Å². The standard InChI is InChI=1S/C29H35FN4O4/c1-28(2)16-33(17-29(3,4)38-28)14-18-8-9-19(22(30)12-18)13-31-23-7-5-6-20-21(23)15-34(27(20)37)24-10-11-25(35)32-26(24)36/h5-9,12,24,31H,10-11,13-17H2,1-4H3,(H,32,35,36)/i10D2,11D2,13D2,24D. The Bertz CT molecular complexity index is 1590. The van der Waals surface area contributed by atoms with Crippen LogP contribution in [0.5, 0.6) is 0 Å². The van der Waals surface area contributed by atoms with Gasteiger partial charge in [0, 0.05) is 66.9 Å². The first kappa shape index (κ1) is 18.9. The van der Waals surface area contributed by atoms with E-state index in [0.717, 1.165) is 0 Å². The Morgan fingerprint density at radius 3 is 2.63 bits per heavy atom. The topological polar surface area (TPSA) is 91.0 Å². The van der Waals surface area contributed by atoms with Crippen LogP contribution in [0, 0.1) is 5.82 Å². The third-order valence-electron chi connectivity index (χ3n) is 6.51. The number of ether oxygens (including phenoxy) is 1. The number of carbonyl (C=O) groups excluding carboxylic acids is 3.